The molecular formula is C8H6N2. The Morgan fingerprint density at radius 3 is 3.10 bits per heavy atom. The lowest BCUT2D eigenvalue weighted by molar-refractivity contribution is 0.827. The van der Waals surface area contributed by atoms with Crippen LogP contribution in [0.2, 0.25) is 0 Å². The first kappa shape index (κ1) is 5.35. The lowest BCUT2D eigenvalue weighted by Gasteiger charge is -1.99. The van der Waals surface area contributed by atoms with Gasteiger partial charge in [-0.2, -0.15) is 5.43 Å². The van der Waals surface area contributed by atoms with Gasteiger partial charge in [-0.15, -0.1) is 0 Å². The zero-order chi connectivity index (χ0) is 6.81. The molecule has 0 saturated heterocycles. The summed E-state index contributed by atoms with van der Waals surface area (Å²) in [5.41, 5.74) is 6.49. The maximum Gasteiger partial charge on any atom is 0.0897 e. The number of benzene rings is 1. The summed E-state index contributed by atoms with van der Waals surface area (Å²) in [5, 5.41) is 2.18. The van der Waals surface area contributed by atoms with E-state index in [2.05, 4.69) is 17.1 Å². The van der Waals surface area contributed by atoms with Crippen LogP contribution in [0.5, 0.6) is 0 Å². The van der Waals surface area contributed by atoms with Crippen LogP contribution in [0, 0.1) is 0 Å². The molecule has 0 bridgehead atoms. The molecule has 0 spiro atoms. The molecule has 1 aromatic carbocycles. The predicted molar refractivity (Wildman–Crippen MR) is 38.8 cm³/mol. The Morgan fingerprint density at radius 2 is 2.20 bits per heavy atom. The van der Waals surface area contributed by atoms with Crippen LogP contribution in [0.3, 0.4) is 0 Å². The number of nitrogens with one attached hydrogen (secondary N) is 1. The van der Waals surface area contributed by atoms with E-state index >= 15 is 0 Å². The van der Waals surface area contributed by atoms with Crippen molar-refractivity contribution in [3.63, 3.8) is 0 Å². The van der Waals surface area contributed by atoms with E-state index in [0.717, 1.165) is 10.4 Å². The highest BCUT2D eigenvalue weighted by Crippen LogP contribution is 1.73. The fraction of sp³-hybridized carbons (Fsp3) is 0. The number of hydrogen-bond acceptors (Lipinski definition) is 1. The second-order valence-electron chi connectivity index (χ2n) is 2.08. The van der Waals surface area contributed by atoms with Gasteiger partial charge in [0.05, 0.1) is 12.4 Å². The van der Waals surface area contributed by atoms with Crippen molar-refractivity contribution in [3.8, 4) is 0 Å². The van der Waals surface area contributed by atoms with Crippen LogP contribution in [0.1, 0.15) is 0 Å². The van der Waals surface area contributed by atoms with Gasteiger partial charge in [0.2, 0.25) is 0 Å². The van der Waals surface area contributed by atoms with Crippen LogP contribution in [-0.4, -0.2) is 0 Å². The van der Waals surface area contributed by atoms with Crippen molar-refractivity contribution in [3.05, 3.63) is 34.7 Å². The number of hydrogen-bond donors (Lipinski definition) is 1. The van der Waals surface area contributed by atoms with E-state index in [1.54, 1.807) is 6.20 Å². The highest BCUT2D eigenvalue weighted by Gasteiger charge is 1.88. The molecule has 0 unspecified atom stereocenters. The van der Waals surface area contributed by atoms with Gasteiger partial charge in [-0.1, -0.05) is 24.3 Å². The quantitative estimate of drug-likeness (QED) is 0.487. The normalized spacial score (nSPS) is 13.2. The molecule has 1 heterocycles. The first-order valence-electron chi connectivity index (χ1n) is 3.10. The SMILES string of the molecule is [C]1=c2ccccc2=C[N]N1. The van der Waals surface area contributed by atoms with E-state index in [-0.39, 0.29) is 0 Å². The summed E-state index contributed by atoms with van der Waals surface area (Å²) in [6, 6.07) is 7.96. The zero-order valence-corrected chi connectivity index (χ0v) is 5.33. The minimum atomic E-state index is 1.07. The maximum absolute atomic E-state index is 3.83. The molecule has 10 heavy (non-hydrogen) atoms. The van der Waals surface area contributed by atoms with Crippen LogP contribution < -0.4 is 21.3 Å². The van der Waals surface area contributed by atoms with E-state index in [9.17, 15) is 0 Å². The van der Waals surface area contributed by atoms with E-state index in [4.69, 9.17) is 0 Å². The van der Waals surface area contributed by atoms with Gasteiger partial charge in [0.15, 0.2) is 0 Å². The van der Waals surface area contributed by atoms with E-state index in [0.29, 0.717) is 0 Å². The van der Waals surface area contributed by atoms with Gasteiger partial charge < -0.3 is 0 Å². The molecule has 1 aromatic rings. The molecule has 0 amide bonds. The summed E-state index contributed by atoms with van der Waals surface area (Å²) in [5.74, 6) is 0. The molecule has 2 rings (SSSR count). The lowest BCUT2D eigenvalue weighted by atomic mass is 10.2. The minimum absolute atomic E-state index is 1.07. The number of nitrogens with zero attached hydrogens (tertiary/aromatic N) is 1. The van der Waals surface area contributed by atoms with Crippen LogP contribution in [-0.2, 0) is 0 Å². The van der Waals surface area contributed by atoms with E-state index in [1.807, 2.05) is 24.3 Å². The highest BCUT2D eigenvalue weighted by molar-refractivity contribution is 5.33. The summed E-state index contributed by atoms with van der Waals surface area (Å²) in [6.07, 6.45) is 4.70. The Balaban J connectivity index is 2.84. The first-order chi connectivity index (χ1) is 4.97. The molecule has 1 N–H and O–H groups in total. The average Bonchev–Trinajstić information content (AvgIpc) is 2.05. The second-order valence-corrected chi connectivity index (χ2v) is 2.08. The topological polar surface area (TPSA) is 26.1 Å². The minimum Gasteiger partial charge on any atom is -0.276 e. The van der Waals surface area contributed by atoms with Crippen LogP contribution in [0.25, 0.3) is 12.4 Å². The largest absolute Gasteiger partial charge is 0.276 e. The standard InChI is InChI=1S/C8H6N2/c1-2-4-8-6-10-9-5-7(8)3-1/h1-5,10H. The van der Waals surface area contributed by atoms with E-state index < -0.39 is 0 Å². The molecule has 0 saturated carbocycles. The van der Waals surface area contributed by atoms with Crippen LogP contribution >= 0.6 is 0 Å². The van der Waals surface area contributed by atoms with Crippen molar-refractivity contribution in [2.24, 2.45) is 0 Å². The van der Waals surface area contributed by atoms with Crippen molar-refractivity contribution in [1.82, 2.24) is 10.9 Å². The maximum atomic E-state index is 3.83. The fourth-order valence-electron chi connectivity index (χ4n) is 0.918. The third kappa shape index (κ3) is 0.739. The monoisotopic (exact) mass is 130 g/mol. The predicted octanol–water partition coefficient (Wildman–Crippen LogP) is -0.838. The molecule has 0 atom stereocenters. The molecule has 48 valence electrons. The van der Waals surface area contributed by atoms with Crippen LogP contribution in [0.4, 0.5) is 0 Å². The Kier molecular flexibility index (Phi) is 1.10. The van der Waals surface area contributed by atoms with Gasteiger partial charge in [0.25, 0.3) is 0 Å². The van der Waals surface area contributed by atoms with Crippen molar-refractivity contribution in [2.75, 3.05) is 0 Å². The molecule has 2 heteroatoms. The number of fused-ring (bicyclic) bond motifs is 1. The average molecular weight is 130 g/mol. The fourth-order valence-corrected chi connectivity index (χ4v) is 0.918. The molecule has 0 fully saturated rings. The zero-order valence-electron chi connectivity index (χ0n) is 5.33. The Labute approximate surface area is 58.8 Å². The summed E-state index contributed by atoms with van der Waals surface area (Å²) >= 11 is 0. The Hall–Kier alpha value is -1.44. The summed E-state index contributed by atoms with van der Waals surface area (Å²) in [4.78, 5) is 0. The summed E-state index contributed by atoms with van der Waals surface area (Å²) < 4.78 is 0. The van der Waals surface area contributed by atoms with Gasteiger partial charge in [0.1, 0.15) is 0 Å². The third-order valence-corrected chi connectivity index (χ3v) is 1.42. The van der Waals surface area contributed by atoms with Gasteiger partial charge in [0, 0.05) is 10.4 Å². The van der Waals surface area contributed by atoms with Gasteiger partial charge >= 0.3 is 0 Å². The summed E-state index contributed by atoms with van der Waals surface area (Å²) in [7, 11) is 0. The summed E-state index contributed by atoms with van der Waals surface area (Å²) in [6.45, 7) is 0. The Morgan fingerprint density at radius 1 is 1.30 bits per heavy atom. The lowest BCUT2D eigenvalue weighted by Crippen LogP contribution is -2.34. The third-order valence-electron chi connectivity index (χ3n) is 1.42. The molecule has 0 aromatic heterocycles. The molecule has 1 aliphatic rings. The van der Waals surface area contributed by atoms with Crippen molar-refractivity contribution >= 4 is 12.4 Å². The van der Waals surface area contributed by atoms with Crippen molar-refractivity contribution in [2.45, 2.75) is 0 Å². The van der Waals surface area contributed by atoms with Crippen molar-refractivity contribution < 1.29 is 0 Å². The highest BCUT2D eigenvalue weighted by atomic mass is 15.3. The van der Waals surface area contributed by atoms with Gasteiger partial charge in [-0.3, -0.25) is 5.43 Å². The number of rotatable bonds is 0. The van der Waals surface area contributed by atoms with Crippen LogP contribution in [0.15, 0.2) is 24.3 Å². The molecule has 2 nitrogen and oxygen atoms in total. The molecule has 0 aliphatic carbocycles. The smallest absolute Gasteiger partial charge is 0.0897 e. The van der Waals surface area contributed by atoms with Gasteiger partial charge in [-0.25, -0.2) is 0 Å². The molecule has 1 aliphatic heterocycles. The molecular weight excluding hydrogens is 124 g/mol. The van der Waals surface area contributed by atoms with E-state index in [1.165, 1.54) is 0 Å². The molecule has 2 radical (unpaired) electrons. The van der Waals surface area contributed by atoms with Gasteiger partial charge in [-0.05, 0) is 0 Å². The Bertz CT molecular complexity index is 306. The first-order valence-corrected chi connectivity index (χ1v) is 3.10. The second kappa shape index (κ2) is 2.06. The van der Waals surface area contributed by atoms with Crippen molar-refractivity contribution in [1.29, 1.82) is 0 Å².